The third kappa shape index (κ3) is 8.42. The van der Waals surface area contributed by atoms with Crippen molar-refractivity contribution in [2.24, 2.45) is 5.92 Å². The Hall–Kier alpha value is -1.89. The highest BCUT2D eigenvalue weighted by atomic mass is 32.2. The van der Waals surface area contributed by atoms with Gasteiger partial charge in [-0.25, -0.2) is 8.42 Å². The van der Waals surface area contributed by atoms with Crippen molar-refractivity contribution in [2.45, 2.75) is 59.3 Å². The number of carbonyl (C=O) groups is 2. The molecule has 6 nitrogen and oxygen atoms in total. The van der Waals surface area contributed by atoms with Crippen molar-refractivity contribution < 1.29 is 18.0 Å². The van der Waals surface area contributed by atoms with Gasteiger partial charge < -0.3 is 5.32 Å². The standard InChI is InChI=1S/C21H34N2O4S/c1-5-7-10-18(6-2)16-22-21(25)13-9-14-23(28(4,26)27)20-12-8-11-19(15-20)17(3)24/h8,11-12,15,18H,5-7,9-10,13-14,16H2,1-4H3,(H,22,25)/t18-/m1/s1. The molecule has 0 heterocycles. The first-order chi connectivity index (χ1) is 13.2. The maximum atomic E-state index is 12.2. The average molecular weight is 411 g/mol. The molecule has 0 spiro atoms. The molecule has 158 valence electrons. The zero-order valence-electron chi connectivity index (χ0n) is 17.5. The van der Waals surface area contributed by atoms with Crippen molar-refractivity contribution in [1.82, 2.24) is 5.32 Å². The first-order valence-corrected chi connectivity index (χ1v) is 11.9. The summed E-state index contributed by atoms with van der Waals surface area (Å²) in [6, 6.07) is 6.55. The summed E-state index contributed by atoms with van der Waals surface area (Å²) in [7, 11) is -3.51. The Morgan fingerprint density at radius 2 is 1.89 bits per heavy atom. The minimum absolute atomic E-state index is 0.0547. The fraction of sp³-hybridized carbons (Fsp3) is 0.619. The average Bonchev–Trinajstić information content (AvgIpc) is 2.64. The number of rotatable bonds is 13. The Bertz CT molecular complexity index is 747. The molecule has 7 heteroatoms. The van der Waals surface area contributed by atoms with Gasteiger partial charge in [-0.3, -0.25) is 13.9 Å². The van der Waals surface area contributed by atoms with Crippen LogP contribution in [0.4, 0.5) is 5.69 Å². The van der Waals surface area contributed by atoms with E-state index in [9.17, 15) is 18.0 Å². The Labute approximate surface area is 169 Å². The number of sulfonamides is 1. The lowest BCUT2D eigenvalue weighted by molar-refractivity contribution is -0.121. The van der Waals surface area contributed by atoms with Crippen LogP contribution < -0.4 is 9.62 Å². The van der Waals surface area contributed by atoms with Crippen molar-refractivity contribution in [3.8, 4) is 0 Å². The van der Waals surface area contributed by atoms with Crippen LogP contribution in [0.15, 0.2) is 24.3 Å². The molecule has 1 N–H and O–H groups in total. The number of hydrogen-bond acceptors (Lipinski definition) is 4. The highest BCUT2D eigenvalue weighted by Crippen LogP contribution is 2.20. The van der Waals surface area contributed by atoms with Crippen LogP contribution in [0.3, 0.4) is 0 Å². The highest BCUT2D eigenvalue weighted by Gasteiger charge is 2.18. The van der Waals surface area contributed by atoms with Gasteiger partial charge in [0.25, 0.3) is 0 Å². The number of benzene rings is 1. The fourth-order valence-electron chi connectivity index (χ4n) is 3.04. The minimum atomic E-state index is -3.51. The number of hydrogen-bond donors (Lipinski definition) is 1. The van der Waals surface area contributed by atoms with Crippen LogP contribution in [0.5, 0.6) is 0 Å². The predicted molar refractivity (Wildman–Crippen MR) is 114 cm³/mol. The lowest BCUT2D eigenvalue weighted by Gasteiger charge is -2.23. The van der Waals surface area contributed by atoms with Gasteiger partial charge in [-0.05, 0) is 37.8 Å². The van der Waals surface area contributed by atoms with E-state index in [1.54, 1.807) is 24.3 Å². The number of Topliss-reactive ketones (excluding diaryl/α,β-unsaturated/α-hetero) is 1. The van der Waals surface area contributed by atoms with Crippen molar-refractivity contribution >= 4 is 27.4 Å². The van der Waals surface area contributed by atoms with E-state index in [1.165, 1.54) is 11.2 Å². The molecule has 0 aliphatic heterocycles. The first kappa shape index (κ1) is 24.1. The lowest BCUT2D eigenvalue weighted by Crippen LogP contribution is -2.33. The topological polar surface area (TPSA) is 83.6 Å². The summed E-state index contributed by atoms with van der Waals surface area (Å²) < 4.78 is 25.6. The number of ketones is 1. The first-order valence-electron chi connectivity index (χ1n) is 10.0. The SMILES string of the molecule is CCCC[C@@H](CC)CNC(=O)CCCN(c1cccc(C(C)=O)c1)S(C)(=O)=O. The largest absolute Gasteiger partial charge is 0.356 e. The van der Waals surface area contributed by atoms with Crippen LogP contribution >= 0.6 is 0 Å². The molecule has 1 aromatic carbocycles. The van der Waals surface area contributed by atoms with Crippen LogP contribution in [0.2, 0.25) is 0 Å². The van der Waals surface area contributed by atoms with Crippen molar-refractivity contribution in [2.75, 3.05) is 23.7 Å². The van der Waals surface area contributed by atoms with Crippen LogP contribution in [-0.2, 0) is 14.8 Å². The Morgan fingerprint density at radius 3 is 2.46 bits per heavy atom. The zero-order valence-corrected chi connectivity index (χ0v) is 18.3. The summed E-state index contributed by atoms with van der Waals surface area (Å²) in [5, 5.41) is 2.97. The van der Waals surface area contributed by atoms with E-state index in [4.69, 9.17) is 0 Å². The van der Waals surface area contributed by atoms with E-state index in [1.807, 2.05) is 0 Å². The van der Waals surface area contributed by atoms with Gasteiger partial charge in [0.2, 0.25) is 15.9 Å². The van der Waals surface area contributed by atoms with Crippen molar-refractivity contribution in [1.29, 1.82) is 0 Å². The number of anilines is 1. The van der Waals surface area contributed by atoms with Crippen LogP contribution in [0.25, 0.3) is 0 Å². The van der Waals surface area contributed by atoms with Gasteiger partial charge in [0.15, 0.2) is 5.78 Å². The highest BCUT2D eigenvalue weighted by molar-refractivity contribution is 7.92. The number of unbranched alkanes of at least 4 members (excludes halogenated alkanes) is 1. The Balaban J connectivity index is 2.62. The van der Waals surface area contributed by atoms with Gasteiger partial charge in [0, 0.05) is 25.1 Å². The number of nitrogens with zero attached hydrogens (tertiary/aromatic N) is 1. The van der Waals surface area contributed by atoms with Gasteiger partial charge in [0.1, 0.15) is 0 Å². The molecule has 28 heavy (non-hydrogen) atoms. The molecular formula is C21H34N2O4S. The maximum absolute atomic E-state index is 12.2. The third-order valence-electron chi connectivity index (χ3n) is 4.84. The summed E-state index contributed by atoms with van der Waals surface area (Å²) in [6.07, 6.45) is 6.27. The molecule has 0 aliphatic carbocycles. The van der Waals surface area contributed by atoms with Gasteiger partial charge in [0.05, 0.1) is 11.9 Å². The quantitative estimate of drug-likeness (QED) is 0.502. The molecule has 0 fully saturated rings. The van der Waals surface area contributed by atoms with E-state index in [2.05, 4.69) is 19.2 Å². The van der Waals surface area contributed by atoms with E-state index in [0.717, 1.165) is 31.9 Å². The molecule has 0 aromatic heterocycles. The van der Waals surface area contributed by atoms with Gasteiger partial charge in [-0.15, -0.1) is 0 Å². The number of carbonyl (C=O) groups excluding carboxylic acids is 2. The van der Waals surface area contributed by atoms with Gasteiger partial charge in [-0.1, -0.05) is 45.2 Å². The molecule has 1 amide bonds. The Morgan fingerprint density at radius 1 is 1.18 bits per heavy atom. The molecule has 0 radical (unpaired) electrons. The molecule has 0 aliphatic rings. The van der Waals surface area contributed by atoms with E-state index < -0.39 is 10.0 Å². The summed E-state index contributed by atoms with van der Waals surface area (Å²) in [4.78, 5) is 23.7. The summed E-state index contributed by atoms with van der Waals surface area (Å²) in [5.41, 5.74) is 0.905. The molecule has 0 unspecified atom stereocenters. The van der Waals surface area contributed by atoms with Gasteiger partial charge >= 0.3 is 0 Å². The molecular weight excluding hydrogens is 376 g/mol. The molecule has 1 aromatic rings. The van der Waals surface area contributed by atoms with Crippen LogP contribution in [-0.4, -0.2) is 39.5 Å². The summed E-state index contributed by atoms with van der Waals surface area (Å²) >= 11 is 0. The van der Waals surface area contributed by atoms with Crippen molar-refractivity contribution in [3.05, 3.63) is 29.8 Å². The number of nitrogens with one attached hydrogen (secondary N) is 1. The minimum Gasteiger partial charge on any atom is -0.356 e. The van der Waals surface area contributed by atoms with Crippen molar-refractivity contribution in [3.63, 3.8) is 0 Å². The normalized spacial score (nSPS) is 12.4. The van der Waals surface area contributed by atoms with Crippen LogP contribution in [0.1, 0.15) is 69.7 Å². The second-order valence-corrected chi connectivity index (χ2v) is 9.17. The third-order valence-corrected chi connectivity index (χ3v) is 6.03. The zero-order chi connectivity index (χ0) is 21.2. The molecule has 1 rings (SSSR count). The van der Waals surface area contributed by atoms with E-state index in [-0.39, 0.29) is 24.7 Å². The summed E-state index contributed by atoms with van der Waals surface area (Å²) in [5.74, 6) is 0.315. The second kappa shape index (κ2) is 11.8. The van der Waals surface area contributed by atoms with Gasteiger partial charge in [-0.2, -0.15) is 0 Å². The smallest absolute Gasteiger partial charge is 0.232 e. The lowest BCUT2D eigenvalue weighted by atomic mass is 9.99. The maximum Gasteiger partial charge on any atom is 0.232 e. The van der Waals surface area contributed by atoms with E-state index >= 15 is 0 Å². The fourth-order valence-corrected chi connectivity index (χ4v) is 4.00. The van der Waals surface area contributed by atoms with Crippen LogP contribution in [0, 0.1) is 5.92 Å². The predicted octanol–water partition coefficient (Wildman–Crippen LogP) is 3.77. The molecule has 0 bridgehead atoms. The second-order valence-electron chi connectivity index (χ2n) is 7.27. The number of amides is 1. The molecule has 1 atom stereocenters. The molecule has 0 saturated carbocycles. The monoisotopic (exact) mass is 410 g/mol. The van der Waals surface area contributed by atoms with E-state index in [0.29, 0.717) is 30.1 Å². The Kier molecular flexibility index (Phi) is 10.2. The summed E-state index contributed by atoms with van der Waals surface area (Å²) in [6.45, 7) is 6.60. The molecule has 0 saturated heterocycles.